The smallest absolute Gasteiger partial charge is 0.255 e. The van der Waals surface area contributed by atoms with E-state index in [2.05, 4.69) is 15.5 Å². The highest BCUT2D eigenvalue weighted by atomic mass is 35.5. The molecule has 0 atom stereocenters. The molecule has 0 unspecified atom stereocenters. The zero-order chi connectivity index (χ0) is 21.0. The lowest BCUT2D eigenvalue weighted by Gasteiger charge is -2.14. The lowest BCUT2D eigenvalue weighted by molar-refractivity contribution is -0.119. The molecule has 2 amide bonds. The summed E-state index contributed by atoms with van der Waals surface area (Å²) in [6, 6.07) is 9.87. The van der Waals surface area contributed by atoms with Crippen LogP contribution in [0.2, 0.25) is 5.02 Å². The van der Waals surface area contributed by atoms with E-state index in [1.165, 1.54) is 19.2 Å². The molecule has 150 valence electrons. The molecule has 1 aromatic heterocycles. The van der Waals surface area contributed by atoms with Crippen molar-refractivity contribution in [3.05, 3.63) is 52.9 Å². The molecule has 0 spiro atoms. The standard InChI is InChI=1S/C19H17ClN4O5/c1-10-22-18(24-29-10)12-5-3-4-6-14(12)23-19(26)11-7-13(20)17(15(8-11)27-2)28-9-16(21)25/h3-8H,9H2,1-2H3,(H2,21,25)(H,23,26). The number of para-hydroxylation sites is 1. The number of anilines is 1. The highest BCUT2D eigenvalue weighted by Gasteiger charge is 2.18. The number of methoxy groups -OCH3 is 1. The predicted molar refractivity (Wildman–Crippen MR) is 105 cm³/mol. The van der Waals surface area contributed by atoms with Gasteiger partial charge in [0.25, 0.3) is 11.8 Å². The van der Waals surface area contributed by atoms with E-state index in [0.29, 0.717) is 23.0 Å². The minimum Gasteiger partial charge on any atom is -0.493 e. The van der Waals surface area contributed by atoms with Gasteiger partial charge in [-0.15, -0.1) is 0 Å². The van der Waals surface area contributed by atoms with Crippen LogP contribution in [0.25, 0.3) is 11.4 Å². The minimum absolute atomic E-state index is 0.0952. The molecule has 0 fully saturated rings. The molecule has 2 aromatic carbocycles. The van der Waals surface area contributed by atoms with Gasteiger partial charge in [-0.25, -0.2) is 0 Å². The first-order valence-electron chi connectivity index (χ1n) is 8.38. The number of aromatic nitrogens is 2. The fraction of sp³-hybridized carbons (Fsp3) is 0.158. The van der Waals surface area contributed by atoms with E-state index in [1.54, 1.807) is 31.2 Å². The van der Waals surface area contributed by atoms with E-state index >= 15 is 0 Å². The van der Waals surface area contributed by atoms with Crippen molar-refractivity contribution in [3.8, 4) is 22.9 Å². The Morgan fingerprint density at radius 3 is 2.69 bits per heavy atom. The molecule has 1 heterocycles. The van der Waals surface area contributed by atoms with Crippen LogP contribution < -0.4 is 20.5 Å². The lowest BCUT2D eigenvalue weighted by Crippen LogP contribution is -2.20. The van der Waals surface area contributed by atoms with Gasteiger partial charge >= 0.3 is 0 Å². The summed E-state index contributed by atoms with van der Waals surface area (Å²) < 4.78 is 15.5. The van der Waals surface area contributed by atoms with Gasteiger partial charge in [0.2, 0.25) is 11.7 Å². The second-order valence-corrected chi connectivity index (χ2v) is 6.29. The van der Waals surface area contributed by atoms with E-state index < -0.39 is 11.8 Å². The summed E-state index contributed by atoms with van der Waals surface area (Å²) in [7, 11) is 1.39. The fourth-order valence-electron chi connectivity index (χ4n) is 2.52. The molecular weight excluding hydrogens is 400 g/mol. The van der Waals surface area contributed by atoms with E-state index in [4.69, 9.17) is 31.3 Å². The summed E-state index contributed by atoms with van der Waals surface area (Å²) >= 11 is 6.20. The Balaban J connectivity index is 1.88. The molecule has 0 radical (unpaired) electrons. The number of nitrogens with zero attached hydrogens (tertiary/aromatic N) is 2. The van der Waals surface area contributed by atoms with Crippen LogP contribution in [-0.2, 0) is 4.79 Å². The van der Waals surface area contributed by atoms with Crippen LogP contribution in [0.5, 0.6) is 11.5 Å². The monoisotopic (exact) mass is 416 g/mol. The molecule has 0 aliphatic carbocycles. The van der Waals surface area contributed by atoms with Gasteiger partial charge < -0.3 is 25.0 Å². The first-order chi connectivity index (χ1) is 13.9. The number of halogens is 1. The van der Waals surface area contributed by atoms with Crippen molar-refractivity contribution in [2.24, 2.45) is 5.73 Å². The van der Waals surface area contributed by atoms with Gasteiger partial charge in [0, 0.05) is 18.1 Å². The molecular formula is C19H17ClN4O5. The molecule has 3 N–H and O–H groups in total. The van der Waals surface area contributed by atoms with Crippen LogP contribution in [0.3, 0.4) is 0 Å². The van der Waals surface area contributed by atoms with Crippen molar-refractivity contribution in [1.82, 2.24) is 10.1 Å². The lowest BCUT2D eigenvalue weighted by atomic mass is 10.1. The van der Waals surface area contributed by atoms with E-state index in [9.17, 15) is 9.59 Å². The van der Waals surface area contributed by atoms with Crippen LogP contribution in [0, 0.1) is 6.92 Å². The van der Waals surface area contributed by atoms with Crippen molar-refractivity contribution in [1.29, 1.82) is 0 Å². The second kappa shape index (κ2) is 8.61. The molecule has 3 rings (SSSR count). The maximum absolute atomic E-state index is 12.8. The SMILES string of the molecule is COc1cc(C(=O)Nc2ccccc2-c2noc(C)n2)cc(Cl)c1OCC(N)=O. The van der Waals surface area contributed by atoms with Gasteiger partial charge in [-0.3, -0.25) is 9.59 Å². The Labute approximate surface area is 170 Å². The molecule has 0 bridgehead atoms. The number of primary amides is 1. The largest absolute Gasteiger partial charge is 0.493 e. The number of carbonyl (C=O) groups excluding carboxylic acids is 2. The number of carbonyl (C=O) groups is 2. The van der Waals surface area contributed by atoms with E-state index in [-0.39, 0.29) is 28.7 Å². The molecule has 0 aliphatic heterocycles. The van der Waals surface area contributed by atoms with E-state index in [0.717, 1.165) is 0 Å². The van der Waals surface area contributed by atoms with Crippen LogP contribution in [-0.4, -0.2) is 35.7 Å². The van der Waals surface area contributed by atoms with Crippen LogP contribution in [0.4, 0.5) is 5.69 Å². The molecule has 9 nitrogen and oxygen atoms in total. The number of benzene rings is 2. The van der Waals surface area contributed by atoms with Crippen molar-refractivity contribution in [2.45, 2.75) is 6.92 Å². The highest BCUT2D eigenvalue weighted by molar-refractivity contribution is 6.32. The summed E-state index contributed by atoms with van der Waals surface area (Å²) in [4.78, 5) is 27.9. The maximum atomic E-state index is 12.8. The summed E-state index contributed by atoms with van der Waals surface area (Å²) in [5, 5.41) is 6.77. The first-order valence-corrected chi connectivity index (χ1v) is 8.76. The van der Waals surface area contributed by atoms with E-state index in [1.807, 2.05) is 0 Å². The summed E-state index contributed by atoms with van der Waals surface area (Å²) in [5.74, 6) is -0.0517. The van der Waals surface area contributed by atoms with Gasteiger partial charge in [0.1, 0.15) is 0 Å². The number of nitrogens with two attached hydrogens (primary N) is 1. The number of rotatable bonds is 7. The van der Waals surface area contributed by atoms with Gasteiger partial charge in [-0.05, 0) is 24.3 Å². The fourth-order valence-corrected chi connectivity index (χ4v) is 2.79. The topological polar surface area (TPSA) is 130 Å². The number of hydrogen-bond donors (Lipinski definition) is 2. The minimum atomic E-state index is -0.668. The molecule has 0 saturated carbocycles. The number of hydrogen-bond acceptors (Lipinski definition) is 7. The summed E-state index contributed by atoms with van der Waals surface area (Å²) in [6.45, 7) is 1.30. The number of ether oxygens (including phenoxy) is 2. The van der Waals surface area contributed by atoms with Crippen molar-refractivity contribution in [3.63, 3.8) is 0 Å². The Morgan fingerprint density at radius 1 is 1.28 bits per heavy atom. The van der Waals surface area contributed by atoms with Crippen molar-refractivity contribution in [2.75, 3.05) is 19.0 Å². The third kappa shape index (κ3) is 4.64. The molecule has 3 aromatic rings. The molecule has 29 heavy (non-hydrogen) atoms. The van der Waals surface area contributed by atoms with Crippen LogP contribution in [0.1, 0.15) is 16.2 Å². The van der Waals surface area contributed by atoms with Crippen molar-refractivity contribution >= 4 is 29.1 Å². The van der Waals surface area contributed by atoms with Crippen LogP contribution in [0.15, 0.2) is 40.9 Å². The average Bonchev–Trinajstić information content (AvgIpc) is 3.12. The predicted octanol–water partition coefficient (Wildman–Crippen LogP) is 2.82. The Hall–Kier alpha value is -3.59. The summed E-state index contributed by atoms with van der Waals surface area (Å²) in [5.41, 5.74) is 6.38. The Kier molecular flexibility index (Phi) is 5.99. The quantitative estimate of drug-likeness (QED) is 0.605. The first kappa shape index (κ1) is 20.2. The number of aryl methyl sites for hydroxylation is 1. The van der Waals surface area contributed by atoms with Crippen LogP contribution >= 0.6 is 11.6 Å². The molecule has 0 aliphatic rings. The zero-order valence-electron chi connectivity index (χ0n) is 15.6. The van der Waals surface area contributed by atoms with Gasteiger partial charge in [-0.1, -0.05) is 28.9 Å². The second-order valence-electron chi connectivity index (χ2n) is 5.88. The number of amides is 2. The van der Waals surface area contributed by atoms with Gasteiger partial charge in [0.15, 0.2) is 18.1 Å². The number of nitrogens with one attached hydrogen (secondary N) is 1. The Bertz CT molecular complexity index is 1070. The third-order valence-electron chi connectivity index (χ3n) is 3.79. The molecule has 10 heteroatoms. The summed E-state index contributed by atoms with van der Waals surface area (Å²) in [6.07, 6.45) is 0. The third-order valence-corrected chi connectivity index (χ3v) is 4.07. The maximum Gasteiger partial charge on any atom is 0.255 e. The van der Waals surface area contributed by atoms with Gasteiger partial charge in [-0.2, -0.15) is 4.98 Å². The van der Waals surface area contributed by atoms with Crippen molar-refractivity contribution < 1.29 is 23.6 Å². The zero-order valence-corrected chi connectivity index (χ0v) is 16.3. The average molecular weight is 417 g/mol. The molecule has 0 saturated heterocycles. The highest BCUT2D eigenvalue weighted by Crippen LogP contribution is 2.37. The normalized spacial score (nSPS) is 10.4. The van der Waals surface area contributed by atoms with Gasteiger partial charge in [0.05, 0.1) is 17.8 Å². The Morgan fingerprint density at radius 2 is 2.03 bits per heavy atom.